The first-order valence-electron chi connectivity index (χ1n) is 11.0. The van der Waals surface area contributed by atoms with E-state index in [0.29, 0.717) is 11.1 Å². The molecule has 1 fully saturated rings. The minimum absolute atomic E-state index is 0.0827. The number of aromatic nitrogens is 3. The number of hydrogen-bond donors (Lipinski definition) is 2. The van der Waals surface area contributed by atoms with Gasteiger partial charge in [0, 0.05) is 17.1 Å². The number of urea groups is 1. The lowest BCUT2D eigenvalue weighted by molar-refractivity contribution is -0.117. The number of methoxy groups -OCH3 is 1. The molecule has 1 heterocycles. The molecule has 1 aromatic carbocycles. The van der Waals surface area contributed by atoms with E-state index in [1.165, 1.54) is 18.2 Å². The van der Waals surface area contributed by atoms with Crippen molar-refractivity contribution in [2.75, 3.05) is 12.9 Å². The van der Waals surface area contributed by atoms with E-state index in [1.807, 2.05) is 45.0 Å². The first kappa shape index (κ1) is 24.1. The normalized spacial score (nSPS) is 18.8. The van der Waals surface area contributed by atoms with Crippen molar-refractivity contribution in [3.63, 3.8) is 0 Å². The highest BCUT2D eigenvalue weighted by Crippen LogP contribution is 2.39. The van der Waals surface area contributed by atoms with Gasteiger partial charge in [-0.1, -0.05) is 31.5 Å². The summed E-state index contributed by atoms with van der Waals surface area (Å²) in [5, 5.41) is 14.7. The van der Waals surface area contributed by atoms with Gasteiger partial charge in [0.2, 0.25) is 5.91 Å². The second-order valence-electron chi connectivity index (χ2n) is 9.27. The molecule has 0 spiro atoms. The number of carbonyl (C=O) groups excluding carboxylic acids is 2. The number of nitrogens with one attached hydrogen (secondary N) is 2. The predicted octanol–water partition coefficient (Wildman–Crippen LogP) is 4.42. The molecule has 2 aromatic rings. The lowest BCUT2D eigenvalue weighted by Crippen LogP contribution is -2.48. The van der Waals surface area contributed by atoms with E-state index >= 15 is 0 Å². The average Bonchev–Trinajstić information content (AvgIpc) is 3.15. The Morgan fingerprint density at radius 2 is 1.84 bits per heavy atom. The van der Waals surface area contributed by atoms with Gasteiger partial charge in [-0.05, 0) is 63.8 Å². The highest BCUT2D eigenvalue weighted by molar-refractivity contribution is 7.99. The molecule has 0 bridgehead atoms. The zero-order valence-electron chi connectivity index (χ0n) is 19.5. The van der Waals surface area contributed by atoms with Gasteiger partial charge in [-0.25, -0.2) is 4.79 Å². The Kier molecular flexibility index (Phi) is 7.82. The molecule has 2 atom stereocenters. The van der Waals surface area contributed by atoms with E-state index in [9.17, 15) is 9.59 Å². The Balaban J connectivity index is 1.80. The molecular weight excluding hydrogens is 426 g/mol. The summed E-state index contributed by atoms with van der Waals surface area (Å²) in [7, 11) is 1.64. The lowest BCUT2D eigenvalue weighted by Gasteiger charge is -2.31. The first-order valence-corrected chi connectivity index (χ1v) is 12.0. The van der Waals surface area contributed by atoms with E-state index in [4.69, 9.17) is 4.74 Å². The quantitative estimate of drug-likeness (QED) is 0.621. The van der Waals surface area contributed by atoms with Crippen LogP contribution in [0.4, 0.5) is 4.79 Å². The van der Waals surface area contributed by atoms with Crippen molar-refractivity contribution in [3.05, 3.63) is 24.3 Å². The smallest absolute Gasteiger partial charge is 0.321 e. The fraction of sp³-hybridized carbons (Fsp3) is 0.565. The monoisotopic (exact) mass is 459 g/mol. The highest BCUT2D eigenvalue weighted by Gasteiger charge is 2.29. The Bertz CT molecular complexity index is 936. The van der Waals surface area contributed by atoms with Crippen LogP contribution < -0.4 is 15.4 Å². The number of thioether (sulfide) groups is 1. The molecule has 174 valence electrons. The van der Waals surface area contributed by atoms with Crippen LogP contribution in [0.2, 0.25) is 0 Å². The maximum absolute atomic E-state index is 12.3. The van der Waals surface area contributed by atoms with Crippen molar-refractivity contribution in [2.24, 2.45) is 5.92 Å². The number of benzene rings is 1. The molecule has 0 aliphatic heterocycles. The van der Waals surface area contributed by atoms with Gasteiger partial charge in [0.05, 0.1) is 12.9 Å². The van der Waals surface area contributed by atoms with Gasteiger partial charge in [-0.3, -0.25) is 14.7 Å². The van der Waals surface area contributed by atoms with Gasteiger partial charge in [0.15, 0.2) is 11.0 Å². The van der Waals surface area contributed by atoms with Gasteiger partial charge in [0.25, 0.3) is 0 Å². The molecule has 1 aliphatic carbocycles. The fourth-order valence-corrected chi connectivity index (χ4v) is 4.75. The van der Waals surface area contributed by atoms with Crippen molar-refractivity contribution in [1.29, 1.82) is 0 Å². The molecule has 0 saturated heterocycles. The molecule has 1 aromatic heterocycles. The van der Waals surface area contributed by atoms with E-state index in [-0.39, 0.29) is 17.7 Å². The third-order valence-corrected chi connectivity index (χ3v) is 6.43. The van der Waals surface area contributed by atoms with Gasteiger partial charge >= 0.3 is 6.03 Å². The van der Waals surface area contributed by atoms with Crippen LogP contribution in [0.3, 0.4) is 0 Å². The summed E-state index contributed by atoms with van der Waals surface area (Å²) in [6.45, 7) is 7.85. The van der Waals surface area contributed by atoms with E-state index < -0.39 is 11.6 Å². The van der Waals surface area contributed by atoms with Crippen molar-refractivity contribution >= 4 is 23.7 Å². The Morgan fingerprint density at radius 3 is 2.47 bits per heavy atom. The van der Waals surface area contributed by atoms with Crippen molar-refractivity contribution < 1.29 is 14.3 Å². The standard InChI is InChI=1S/C23H33N5O3S/c1-15-8-6-7-9-18(15)28-20(16-10-12-17(31-5)13-11-16)26-27-22(28)32-14-19(29)24-21(30)25-23(2,3)4/h10-13,15,18H,6-9,14H2,1-5H3,(H2,24,25,29,30). The summed E-state index contributed by atoms with van der Waals surface area (Å²) < 4.78 is 7.46. The van der Waals surface area contributed by atoms with Crippen LogP contribution in [0.5, 0.6) is 5.75 Å². The van der Waals surface area contributed by atoms with Gasteiger partial charge in [-0.15, -0.1) is 10.2 Å². The Labute approximate surface area is 193 Å². The largest absolute Gasteiger partial charge is 0.497 e. The number of hydrogen-bond acceptors (Lipinski definition) is 6. The molecule has 2 N–H and O–H groups in total. The molecule has 0 radical (unpaired) electrons. The molecule has 2 unspecified atom stereocenters. The summed E-state index contributed by atoms with van der Waals surface area (Å²) in [6.07, 6.45) is 4.59. The minimum Gasteiger partial charge on any atom is -0.497 e. The SMILES string of the molecule is COc1ccc(-c2nnc(SCC(=O)NC(=O)NC(C)(C)C)n2C2CCCCC2C)cc1. The molecule has 1 saturated carbocycles. The maximum Gasteiger partial charge on any atom is 0.321 e. The van der Waals surface area contributed by atoms with Gasteiger partial charge < -0.3 is 10.1 Å². The van der Waals surface area contributed by atoms with E-state index in [2.05, 4.69) is 32.3 Å². The second kappa shape index (κ2) is 10.4. The van der Waals surface area contributed by atoms with E-state index in [0.717, 1.165) is 36.4 Å². The molecule has 3 rings (SSSR count). The summed E-state index contributed by atoms with van der Waals surface area (Å²) in [4.78, 5) is 24.3. The minimum atomic E-state index is -0.496. The predicted molar refractivity (Wildman–Crippen MR) is 126 cm³/mol. The fourth-order valence-electron chi connectivity index (χ4n) is 3.96. The molecule has 3 amide bonds. The summed E-state index contributed by atoms with van der Waals surface area (Å²) >= 11 is 1.31. The molecule has 32 heavy (non-hydrogen) atoms. The summed E-state index contributed by atoms with van der Waals surface area (Å²) in [5.41, 5.74) is 0.541. The highest BCUT2D eigenvalue weighted by atomic mass is 32.2. The summed E-state index contributed by atoms with van der Waals surface area (Å²) in [6, 6.07) is 7.55. The van der Waals surface area contributed by atoms with Crippen LogP contribution in [0, 0.1) is 5.92 Å². The number of amides is 3. The van der Waals surface area contributed by atoms with Crippen molar-refractivity contribution in [2.45, 2.75) is 70.1 Å². The van der Waals surface area contributed by atoms with Crippen molar-refractivity contribution in [1.82, 2.24) is 25.4 Å². The third-order valence-electron chi connectivity index (χ3n) is 5.48. The maximum atomic E-state index is 12.3. The van der Waals surface area contributed by atoms with Crippen LogP contribution in [0.1, 0.15) is 59.4 Å². The summed E-state index contributed by atoms with van der Waals surface area (Å²) in [5.74, 6) is 1.78. The van der Waals surface area contributed by atoms with Crippen molar-refractivity contribution in [3.8, 4) is 17.1 Å². The Hall–Kier alpha value is -2.55. The number of ether oxygens (including phenoxy) is 1. The van der Waals surface area contributed by atoms with Gasteiger partial charge in [-0.2, -0.15) is 0 Å². The number of carbonyl (C=O) groups is 2. The molecule has 8 nitrogen and oxygen atoms in total. The third kappa shape index (κ3) is 6.25. The average molecular weight is 460 g/mol. The topological polar surface area (TPSA) is 98.1 Å². The first-order chi connectivity index (χ1) is 15.2. The molecule has 9 heteroatoms. The van der Waals surface area contributed by atoms with Crippen LogP contribution in [-0.2, 0) is 4.79 Å². The van der Waals surface area contributed by atoms with Crippen LogP contribution in [0.15, 0.2) is 29.4 Å². The zero-order valence-corrected chi connectivity index (χ0v) is 20.3. The van der Waals surface area contributed by atoms with Crippen LogP contribution >= 0.6 is 11.8 Å². The van der Waals surface area contributed by atoms with Gasteiger partial charge in [0.1, 0.15) is 5.75 Å². The van der Waals surface area contributed by atoms with Crippen LogP contribution in [-0.4, -0.2) is 45.1 Å². The van der Waals surface area contributed by atoms with E-state index in [1.54, 1.807) is 7.11 Å². The molecule has 1 aliphatic rings. The Morgan fingerprint density at radius 1 is 1.16 bits per heavy atom. The zero-order chi connectivity index (χ0) is 23.3. The number of nitrogens with zero attached hydrogens (tertiary/aromatic N) is 3. The lowest BCUT2D eigenvalue weighted by atomic mass is 9.85. The molecular formula is C23H33N5O3S. The number of imide groups is 1. The number of rotatable bonds is 6. The van der Waals surface area contributed by atoms with Crippen LogP contribution in [0.25, 0.3) is 11.4 Å². The second-order valence-corrected chi connectivity index (χ2v) is 10.2.